The lowest BCUT2D eigenvalue weighted by Gasteiger charge is -2.08. The van der Waals surface area contributed by atoms with Gasteiger partial charge in [-0.1, -0.05) is 72.8 Å². The fourth-order valence-electron chi connectivity index (χ4n) is 3.75. The number of fused-ring (bicyclic) bond motifs is 1. The molecule has 5 rings (SSSR count). The van der Waals surface area contributed by atoms with E-state index in [9.17, 15) is 4.39 Å². The van der Waals surface area contributed by atoms with E-state index < -0.39 is 0 Å². The zero-order valence-corrected chi connectivity index (χ0v) is 18.3. The third-order valence-corrected chi connectivity index (χ3v) is 6.13. The maximum absolute atomic E-state index is 13.3. The maximum atomic E-state index is 13.3. The monoisotopic (exact) mass is 500 g/mol. The molecule has 0 unspecified atom stereocenters. The highest BCUT2D eigenvalue weighted by Gasteiger charge is 2.04. The molecular formula is C28H18FI. The van der Waals surface area contributed by atoms with Crippen molar-refractivity contribution in [1.29, 1.82) is 0 Å². The minimum Gasteiger partial charge on any atom is -0.207 e. The van der Waals surface area contributed by atoms with Crippen LogP contribution in [0.3, 0.4) is 0 Å². The number of benzene rings is 5. The molecule has 0 saturated carbocycles. The van der Waals surface area contributed by atoms with Crippen LogP contribution in [-0.4, -0.2) is 0 Å². The van der Waals surface area contributed by atoms with Crippen LogP contribution < -0.4 is 0 Å². The van der Waals surface area contributed by atoms with E-state index in [0.717, 1.165) is 11.1 Å². The SMILES string of the molecule is Fc1ccc(-c2ccc3ccc(-c4ccc(-c5ccc(I)cc5)cc4)cc3c2)cc1. The summed E-state index contributed by atoms with van der Waals surface area (Å²) in [5.74, 6) is -0.212. The van der Waals surface area contributed by atoms with E-state index in [1.165, 1.54) is 48.7 Å². The van der Waals surface area contributed by atoms with Crippen molar-refractivity contribution in [3.8, 4) is 33.4 Å². The van der Waals surface area contributed by atoms with Gasteiger partial charge in [-0.25, -0.2) is 4.39 Å². The third-order valence-electron chi connectivity index (χ3n) is 5.41. The molecule has 2 heteroatoms. The first kappa shape index (κ1) is 19.0. The van der Waals surface area contributed by atoms with Gasteiger partial charge in [0.05, 0.1) is 0 Å². The second kappa shape index (κ2) is 8.04. The van der Waals surface area contributed by atoms with Gasteiger partial charge in [0.15, 0.2) is 0 Å². The average molecular weight is 500 g/mol. The number of rotatable bonds is 3. The summed E-state index contributed by atoms with van der Waals surface area (Å²) in [5, 5.41) is 2.37. The van der Waals surface area contributed by atoms with Crippen LogP contribution in [0, 0.1) is 9.39 Å². The first-order valence-electron chi connectivity index (χ1n) is 9.82. The van der Waals surface area contributed by atoms with Crippen LogP contribution in [0.25, 0.3) is 44.2 Å². The molecule has 0 spiro atoms. The molecule has 0 aliphatic rings. The Morgan fingerprint density at radius 3 is 1.27 bits per heavy atom. The van der Waals surface area contributed by atoms with Crippen molar-refractivity contribution < 1.29 is 4.39 Å². The zero-order valence-electron chi connectivity index (χ0n) is 16.1. The van der Waals surface area contributed by atoms with E-state index in [0.29, 0.717) is 0 Å². The van der Waals surface area contributed by atoms with Gasteiger partial charge in [0, 0.05) is 3.57 Å². The molecule has 0 fully saturated rings. The molecule has 30 heavy (non-hydrogen) atoms. The molecule has 0 radical (unpaired) electrons. The smallest absolute Gasteiger partial charge is 0.123 e. The molecule has 0 amide bonds. The van der Waals surface area contributed by atoms with Gasteiger partial charge in [-0.15, -0.1) is 0 Å². The van der Waals surface area contributed by atoms with Gasteiger partial charge >= 0.3 is 0 Å². The standard InChI is InChI=1S/C28H18FI/c29-27-13-9-22(10-14-27)25-8-6-23-5-7-24(17-26(23)18-25)21-3-1-19(2-4-21)20-11-15-28(30)16-12-20/h1-18H. The summed E-state index contributed by atoms with van der Waals surface area (Å²) < 4.78 is 14.5. The van der Waals surface area contributed by atoms with E-state index in [1.54, 1.807) is 0 Å². The van der Waals surface area contributed by atoms with Crippen molar-refractivity contribution in [2.24, 2.45) is 0 Å². The van der Waals surface area contributed by atoms with Crippen LogP contribution >= 0.6 is 22.6 Å². The predicted molar refractivity (Wildman–Crippen MR) is 133 cm³/mol. The lowest BCUT2D eigenvalue weighted by molar-refractivity contribution is 0.628. The molecule has 0 saturated heterocycles. The summed E-state index contributed by atoms with van der Waals surface area (Å²) in [6, 6.07) is 36.9. The van der Waals surface area contributed by atoms with Crippen molar-refractivity contribution in [3.63, 3.8) is 0 Å². The van der Waals surface area contributed by atoms with Crippen LogP contribution in [0.1, 0.15) is 0 Å². The molecule has 144 valence electrons. The van der Waals surface area contributed by atoms with Crippen molar-refractivity contribution in [3.05, 3.63) is 119 Å². The second-order valence-electron chi connectivity index (χ2n) is 7.37. The highest BCUT2D eigenvalue weighted by atomic mass is 127. The second-order valence-corrected chi connectivity index (χ2v) is 8.61. The topological polar surface area (TPSA) is 0 Å². The summed E-state index contributed by atoms with van der Waals surface area (Å²) in [6.45, 7) is 0. The Morgan fingerprint density at radius 2 is 0.767 bits per heavy atom. The van der Waals surface area contributed by atoms with Crippen molar-refractivity contribution in [2.45, 2.75) is 0 Å². The van der Waals surface area contributed by atoms with Crippen molar-refractivity contribution >= 4 is 33.4 Å². The Labute approximate surface area is 189 Å². The first-order valence-corrected chi connectivity index (χ1v) is 10.9. The molecule has 0 nitrogen and oxygen atoms in total. The van der Waals surface area contributed by atoms with E-state index in [-0.39, 0.29) is 5.82 Å². The van der Waals surface area contributed by atoms with Gasteiger partial charge < -0.3 is 0 Å². The van der Waals surface area contributed by atoms with Crippen molar-refractivity contribution in [2.75, 3.05) is 0 Å². The minimum atomic E-state index is -0.212. The highest BCUT2D eigenvalue weighted by molar-refractivity contribution is 14.1. The maximum Gasteiger partial charge on any atom is 0.123 e. The summed E-state index contributed by atoms with van der Waals surface area (Å²) in [7, 11) is 0. The zero-order chi connectivity index (χ0) is 20.5. The normalized spacial score (nSPS) is 11.0. The number of hydrogen-bond acceptors (Lipinski definition) is 0. The Balaban J connectivity index is 1.49. The summed E-state index contributed by atoms with van der Waals surface area (Å²) in [5.41, 5.74) is 6.93. The minimum absolute atomic E-state index is 0.212. The van der Waals surface area contributed by atoms with Crippen LogP contribution in [-0.2, 0) is 0 Å². The third kappa shape index (κ3) is 3.88. The Hall–Kier alpha value is -2.98. The molecule has 5 aromatic carbocycles. The van der Waals surface area contributed by atoms with Gasteiger partial charge in [0.1, 0.15) is 5.82 Å². The molecule has 0 aliphatic carbocycles. The number of halogens is 2. The molecule has 0 aliphatic heterocycles. The molecule has 0 heterocycles. The lowest BCUT2D eigenvalue weighted by Crippen LogP contribution is -1.83. The molecular weight excluding hydrogens is 482 g/mol. The van der Waals surface area contributed by atoms with E-state index in [2.05, 4.69) is 108 Å². The Kier molecular flexibility index (Phi) is 5.09. The van der Waals surface area contributed by atoms with E-state index in [1.807, 2.05) is 12.1 Å². The predicted octanol–water partition coefficient (Wildman–Crippen LogP) is 8.58. The fraction of sp³-hybridized carbons (Fsp3) is 0. The van der Waals surface area contributed by atoms with E-state index in [4.69, 9.17) is 0 Å². The largest absolute Gasteiger partial charge is 0.207 e. The van der Waals surface area contributed by atoms with E-state index >= 15 is 0 Å². The molecule has 0 bridgehead atoms. The summed E-state index contributed by atoms with van der Waals surface area (Å²) >= 11 is 2.33. The molecule has 5 aromatic rings. The molecule has 0 atom stereocenters. The summed E-state index contributed by atoms with van der Waals surface area (Å²) in [6.07, 6.45) is 0. The van der Waals surface area contributed by atoms with Crippen LogP contribution in [0.4, 0.5) is 4.39 Å². The molecule has 0 N–H and O–H groups in total. The van der Waals surface area contributed by atoms with Gasteiger partial charge in [-0.05, 0) is 103 Å². The van der Waals surface area contributed by atoms with Gasteiger partial charge in [-0.2, -0.15) is 0 Å². The molecule has 0 aromatic heterocycles. The van der Waals surface area contributed by atoms with Gasteiger partial charge in [-0.3, -0.25) is 0 Å². The number of hydrogen-bond donors (Lipinski definition) is 0. The lowest BCUT2D eigenvalue weighted by atomic mass is 9.96. The van der Waals surface area contributed by atoms with Gasteiger partial charge in [0.25, 0.3) is 0 Å². The highest BCUT2D eigenvalue weighted by Crippen LogP contribution is 2.30. The van der Waals surface area contributed by atoms with Gasteiger partial charge in [0.2, 0.25) is 0 Å². The summed E-state index contributed by atoms with van der Waals surface area (Å²) in [4.78, 5) is 0. The Bertz CT molecular complexity index is 1320. The average Bonchev–Trinajstić information content (AvgIpc) is 2.79. The first-order chi connectivity index (χ1) is 14.7. The van der Waals surface area contributed by atoms with Crippen LogP contribution in [0.15, 0.2) is 109 Å². The fourth-order valence-corrected chi connectivity index (χ4v) is 4.11. The van der Waals surface area contributed by atoms with Crippen LogP contribution in [0.2, 0.25) is 0 Å². The quantitative estimate of drug-likeness (QED) is 0.218. The van der Waals surface area contributed by atoms with Crippen LogP contribution in [0.5, 0.6) is 0 Å². The van der Waals surface area contributed by atoms with Crippen molar-refractivity contribution in [1.82, 2.24) is 0 Å². The Morgan fingerprint density at radius 1 is 0.400 bits per heavy atom.